The van der Waals surface area contributed by atoms with Crippen LogP contribution in [0.15, 0.2) is 24.7 Å². The van der Waals surface area contributed by atoms with Gasteiger partial charge in [0.2, 0.25) is 5.95 Å². The second kappa shape index (κ2) is 6.47. The topological polar surface area (TPSA) is 73.6 Å². The van der Waals surface area contributed by atoms with E-state index in [-0.39, 0.29) is 12.1 Å². The lowest BCUT2D eigenvalue weighted by Crippen LogP contribution is -2.28. The van der Waals surface area contributed by atoms with Gasteiger partial charge in [-0.05, 0) is 12.5 Å². The molecule has 0 aromatic carbocycles. The van der Waals surface area contributed by atoms with E-state index in [2.05, 4.69) is 20.0 Å². The van der Waals surface area contributed by atoms with Crippen LogP contribution in [-0.4, -0.2) is 78.0 Å². The molecule has 2 aliphatic rings. The molecule has 0 N–H and O–H groups in total. The van der Waals surface area contributed by atoms with Crippen LogP contribution in [0.1, 0.15) is 12.5 Å². The first-order chi connectivity index (χ1) is 12.5. The number of carbonyl (C=O) groups is 1. The molecule has 1 atom stereocenters. The summed E-state index contributed by atoms with van der Waals surface area (Å²) in [6, 6.07) is 2.26. The van der Waals surface area contributed by atoms with Gasteiger partial charge >= 0.3 is 6.03 Å². The number of rotatable bonds is 4. The smallest absolute Gasteiger partial charge is 0.324 e. The Morgan fingerprint density at radius 2 is 2.08 bits per heavy atom. The Balaban J connectivity index is 1.46. The van der Waals surface area contributed by atoms with Crippen LogP contribution in [0.25, 0.3) is 0 Å². The predicted octanol–water partition coefficient (Wildman–Crippen LogP) is 1.06. The van der Waals surface area contributed by atoms with E-state index in [0.29, 0.717) is 12.5 Å². The van der Waals surface area contributed by atoms with Gasteiger partial charge in [0.05, 0.1) is 17.9 Å². The average molecular weight is 356 g/mol. The van der Waals surface area contributed by atoms with Crippen molar-refractivity contribution in [2.24, 2.45) is 0 Å². The number of carbonyl (C=O) groups excluding carboxylic acids is 1. The largest absolute Gasteiger partial charge is 0.354 e. The number of urea groups is 1. The highest BCUT2D eigenvalue weighted by Crippen LogP contribution is 2.28. The molecule has 4 heterocycles. The van der Waals surface area contributed by atoms with Crippen molar-refractivity contribution < 1.29 is 4.79 Å². The molecule has 2 saturated heterocycles. The molecular weight excluding hydrogens is 332 g/mol. The van der Waals surface area contributed by atoms with Crippen molar-refractivity contribution in [3.05, 3.63) is 24.7 Å². The molecule has 138 valence electrons. The molecule has 0 aliphatic carbocycles. The normalized spacial score (nSPS) is 20.3. The van der Waals surface area contributed by atoms with Crippen molar-refractivity contribution in [2.45, 2.75) is 12.5 Å². The van der Waals surface area contributed by atoms with E-state index in [1.54, 1.807) is 22.2 Å². The summed E-state index contributed by atoms with van der Waals surface area (Å²) in [7, 11) is 5.70. The SMILES string of the molecule is CN1CCN(c2cnn(C3CCN(c4ccnc(N(C)C)n4)C3)c2)C1=O. The molecule has 0 radical (unpaired) electrons. The summed E-state index contributed by atoms with van der Waals surface area (Å²) in [4.78, 5) is 28.7. The average Bonchev–Trinajstić information content (AvgIpc) is 3.36. The molecule has 2 fully saturated rings. The van der Waals surface area contributed by atoms with E-state index in [1.165, 1.54) is 0 Å². The molecule has 9 nitrogen and oxygen atoms in total. The van der Waals surface area contributed by atoms with E-state index < -0.39 is 0 Å². The molecule has 0 saturated carbocycles. The molecule has 0 spiro atoms. The lowest BCUT2D eigenvalue weighted by molar-refractivity contribution is 0.229. The first-order valence-corrected chi connectivity index (χ1v) is 8.85. The molecule has 4 rings (SSSR count). The summed E-state index contributed by atoms with van der Waals surface area (Å²) < 4.78 is 1.98. The van der Waals surface area contributed by atoms with Crippen molar-refractivity contribution in [3.8, 4) is 0 Å². The summed E-state index contributed by atoms with van der Waals surface area (Å²) >= 11 is 0. The van der Waals surface area contributed by atoms with Crippen LogP contribution in [0.4, 0.5) is 22.2 Å². The highest BCUT2D eigenvalue weighted by molar-refractivity contribution is 5.93. The maximum Gasteiger partial charge on any atom is 0.324 e. The lowest BCUT2D eigenvalue weighted by atomic mass is 10.3. The highest BCUT2D eigenvalue weighted by Gasteiger charge is 2.30. The van der Waals surface area contributed by atoms with E-state index in [0.717, 1.165) is 37.6 Å². The first-order valence-electron chi connectivity index (χ1n) is 8.85. The van der Waals surface area contributed by atoms with Crippen molar-refractivity contribution in [2.75, 3.05) is 62.0 Å². The Labute approximate surface area is 152 Å². The van der Waals surface area contributed by atoms with Gasteiger partial charge in [0.15, 0.2) is 0 Å². The zero-order valence-corrected chi connectivity index (χ0v) is 15.4. The van der Waals surface area contributed by atoms with Gasteiger partial charge in [0.1, 0.15) is 5.82 Å². The van der Waals surface area contributed by atoms with Crippen molar-refractivity contribution in [3.63, 3.8) is 0 Å². The monoisotopic (exact) mass is 356 g/mol. The van der Waals surface area contributed by atoms with Crippen molar-refractivity contribution >= 4 is 23.5 Å². The summed E-state index contributed by atoms with van der Waals surface area (Å²) in [6.07, 6.45) is 6.56. The van der Waals surface area contributed by atoms with Crippen LogP contribution >= 0.6 is 0 Å². The second-order valence-electron chi connectivity index (χ2n) is 7.03. The van der Waals surface area contributed by atoms with Crippen LogP contribution in [-0.2, 0) is 0 Å². The van der Waals surface area contributed by atoms with Crippen LogP contribution in [0.3, 0.4) is 0 Å². The van der Waals surface area contributed by atoms with E-state index in [4.69, 9.17) is 0 Å². The summed E-state index contributed by atoms with van der Waals surface area (Å²) in [5.41, 5.74) is 0.870. The molecule has 0 bridgehead atoms. The third-order valence-corrected chi connectivity index (χ3v) is 5.01. The maximum atomic E-state index is 12.1. The fraction of sp³-hybridized carbons (Fsp3) is 0.529. The lowest BCUT2D eigenvalue weighted by Gasteiger charge is -2.19. The Bertz CT molecular complexity index is 804. The van der Waals surface area contributed by atoms with Gasteiger partial charge < -0.3 is 14.7 Å². The van der Waals surface area contributed by atoms with Crippen LogP contribution in [0, 0.1) is 0 Å². The van der Waals surface area contributed by atoms with Crippen molar-refractivity contribution in [1.82, 2.24) is 24.6 Å². The van der Waals surface area contributed by atoms with E-state index >= 15 is 0 Å². The molecular formula is C17H24N8O. The zero-order valence-electron chi connectivity index (χ0n) is 15.4. The fourth-order valence-electron chi connectivity index (χ4n) is 3.45. The quantitative estimate of drug-likeness (QED) is 0.816. The van der Waals surface area contributed by atoms with Gasteiger partial charge in [-0.25, -0.2) is 9.78 Å². The fourth-order valence-corrected chi connectivity index (χ4v) is 3.45. The number of nitrogens with zero attached hydrogens (tertiary/aromatic N) is 8. The first kappa shape index (κ1) is 16.6. The summed E-state index contributed by atoms with van der Waals surface area (Å²) in [5, 5.41) is 4.51. The molecule has 26 heavy (non-hydrogen) atoms. The Morgan fingerprint density at radius 1 is 1.23 bits per heavy atom. The standard InChI is InChI=1S/C17H24N8O/c1-21(2)16-18-6-4-15(20-16)23-7-5-13(11-23)25-12-14(10-19-25)24-9-8-22(3)17(24)26/h4,6,10,12-13H,5,7-9,11H2,1-3H3. The Hall–Kier alpha value is -2.84. The third-order valence-electron chi connectivity index (χ3n) is 5.01. The molecule has 2 amide bonds. The number of amides is 2. The molecule has 2 aromatic rings. The van der Waals surface area contributed by atoms with Gasteiger partial charge in [-0.1, -0.05) is 0 Å². The second-order valence-corrected chi connectivity index (χ2v) is 7.03. The van der Waals surface area contributed by atoms with Gasteiger partial charge in [-0.2, -0.15) is 10.1 Å². The Morgan fingerprint density at radius 3 is 2.81 bits per heavy atom. The number of hydrogen-bond acceptors (Lipinski definition) is 6. The molecule has 2 aliphatic heterocycles. The van der Waals surface area contributed by atoms with Gasteiger partial charge in [-0.3, -0.25) is 9.58 Å². The summed E-state index contributed by atoms with van der Waals surface area (Å²) in [6.45, 7) is 3.24. The van der Waals surface area contributed by atoms with Crippen molar-refractivity contribution in [1.29, 1.82) is 0 Å². The van der Waals surface area contributed by atoms with Crippen LogP contribution in [0.5, 0.6) is 0 Å². The number of anilines is 3. The minimum absolute atomic E-state index is 0.0369. The predicted molar refractivity (Wildman–Crippen MR) is 99.8 cm³/mol. The number of hydrogen-bond donors (Lipinski definition) is 0. The summed E-state index contributed by atoms with van der Waals surface area (Å²) in [5.74, 6) is 1.65. The third kappa shape index (κ3) is 2.93. The number of aromatic nitrogens is 4. The van der Waals surface area contributed by atoms with Gasteiger partial charge in [-0.15, -0.1) is 0 Å². The molecule has 9 heteroatoms. The minimum atomic E-state index is 0.0369. The van der Waals surface area contributed by atoms with E-state index in [9.17, 15) is 4.79 Å². The maximum absolute atomic E-state index is 12.1. The minimum Gasteiger partial charge on any atom is -0.354 e. The number of likely N-dealkylation sites (N-methyl/N-ethyl adjacent to an activating group) is 1. The van der Waals surface area contributed by atoms with Gasteiger partial charge in [0.25, 0.3) is 0 Å². The Kier molecular flexibility index (Phi) is 4.14. The van der Waals surface area contributed by atoms with Crippen LogP contribution in [0.2, 0.25) is 0 Å². The van der Waals surface area contributed by atoms with Crippen LogP contribution < -0.4 is 14.7 Å². The van der Waals surface area contributed by atoms with E-state index in [1.807, 2.05) is 43.0 Å². The zero-order chi connectivity index (χ0) is 18.3. The van der Waals surface area contributed by atoms with Gasteiger partial charge in [0, 0.05) is 59.7 Å². The molecule has 1 unspecified atom stereocenters. The highest BCUT2D eigenvalue weighted by atomic mass is 16.2. The molecule has 2 aromatic heterocycles.